The fraction of sp³-hybridized carbons (Fsp3) is 0.0476. The molecule has 0 amide bonds. The molecule has 3 heterocycles. The lowest BCUT2D eigenvalue weighted by Crippen LogP contribution is -2.04. The van der Waals surface area contributed by atoms with E-state index in [9.17, 15) is 0 Å². The molecule has 5 nitrogen and oxygen atoms in total. The van der Waals surface area contributed by atoms with Gasteiger partial charge in [-0.05, 0) is 29.8 Å². The Balaban J connectivity index is 1.70. The molecule has 4 rings (SSSR count). The van der Waals surface area contributed by atoms with Crippen LogP contribution in [0.25, 0.3) is 22.6 Å². The average Bonchev–Trinajstić information content (AvgIpc) is 2.74. The summed E-state index contributed by atoms with van der Waals surface area (Å²) in [5.41, 5.74) is 3.84. The van der Waals surface area contributed by atoms with Crippen LogP contribution in [0.2, 0.25) is 0 Å². The molecule has 0 spiro atoms. The number of aromatic nitrogens is 4. The van der Waals surface area contributed by atoms with Crippen LogP contribution in [0.1, 0.15) is 5.56 Å². The van der Waals surface area contributed by atoms with Crippen molar-refractivity contribution in [3.63, 3.8) is 0 Å². The van der Waals surface area contributed by atoms with Crippen molar-refractivity contribution in [3.8, 4) is 22.6 Å². The molecular weight excluding hydrogens is 322 g/mol. The molecule has 1 aromatic carbocycles. The third kappa shape index (κ3) is 3.72. The Morgan fingerprint density at radius 1 is 0.731 bits per heavy atom. The molecule has 1 N–H and O–H groups in total. The predicted octanol–water partition coefficient (Wildman–Crippen LogP) is 4.21. The van der Waals surface area contributed by atoms with Crippen molar-refractivity contribution in [1.82, 2.24) is 19.9 Å². The minimum Gasteiger partial charge on any atom is -0.366 e. The zero-order valence-corrected chi connectivity index (χ0v) is 14.1. The number of hydrogen-bond donors (Lipinski definition) is 1. The van der Waals surface area contributed by atoms with E-state index in [2.05, 4.69) is 32.4 Å². The minimum absolute atomic E-state index is 0.634. The summed E-state index contributed by atoms with van der Waals surface area (Å²) < 4.78 is 0. The third-order valence-electron chi connectivity index (χ3n) is 3.92. The molecule has 0 aliphatic rings. The van der Waals surface area contributed by atoms with E-state index in [4.69, 9.17) is 4.98 Å². The van der Waals surface area contributed by atoms with Gasteiger partial charge in [-0.3, -0.25) is 9.97 Å². The highest BCUT2D eigenvalue weighted by Gasteiger charge is 2.09. The Morgan fingerprint density at radius 2 is 1.46 bits per heavy atom. The third-order valence-corrected chi connectivity index (χ3v) is 3.92. The largest absolute Gasteiger partial charge is 0.366 e. The van der Waals surface area contributed by atoms with Crippen molar-refractivity contribution < 1.29 is 0 Å². The summed E-state index contributed by atoms with van der Waals surface area (Å²) in [6.45, 7) is 0.691. The van der Waals surface area contributed by atoms with Crippen molar-refractivity contribution in [3.05, 3.63) is 91.0 Å². The van der Waals surface area contributed by atoms with Crippen molar-refractivity contribution in [1.29, 1.82) is 0 Å². The maximum absolute atomic E-state index is 4.70. The molecule has 0 fully saturated rings. The zero-order chi connectivity index (χ0) is 17.6. The zero-order valence-electron chi connectivity index (χ0n) is 14.1. The number of pyridine rings is 2. The summed E-state index contributed by atoms with van der Waals surface area (Å²) >= 11 is 0. The van der Waals surface area contributed by atoms with Gasteiger partial charge in [0.25, 0.3) is 0 Å². The lowest BCUT2D eigenvalue weighted by Gasteiger charge is -2.10. The second-order valence-electron chi connectivity index (χ2n) is 5.78. The lowest BCUT2D eigenvalue weighted by atomic mass is 10.2. The van der Waals surface area contributed by atoms with Crippen LogP contribution in [0.5, 0.6) is 0 Å². The van der Waals surface area contributed by atoms with Gasteiger partial charge in [-0.15, -0.1) is 0 Å². The van der Waals surface area contributed by atoms with Crippen molar-refractivity contribution >= 4 is 5.82 Å². The van der Waals surface area contributed by atoms with Crippen molar-refractivity contribution in [2.24, 2.45) is 0 Å². The van der Waals surface area contributed by atoms with Crippen LogP contribution in [0, 0.1) is 0 Å². The van der Waals surface area contributed by atoms with E-state index in [1.807, 2.05) is 48.5 Å². The molecule has 0 bridgehead atoms. The number of benzene rings is 1. The van der Waals surface area contributed by atoms with Gasteiger partial charge in [0.15, 0.2) is 5.82 Å². The summed E-state index contributed by atoms with van der Waals surface area (Å²) in [4.78, 5) is 17.7. The number of nitrogens with one attached hydrogen (secondary N) is 1. The monoisotopic (exact) mass is 339 g/mol. The Bertz CT molecular complexity index is 915. The second-order valence-corrected chi connectivity index (χ2v) is 5.78. The first-order valence-corrected chi connectivity index (χ1v) is 8.36. The first-order chi connectivity index (χ1) is 12.9. The summed E-state index contributed by atoms with van der Waals surface area (Å²) in [6, 6.07) is 19.9. The number of nitrogens with zero attached hydrogens (tertiary/aromatic N) is 4. The van der Waals surface area contributed by atoms with Crippen LogP contribution in [-0.2, 0) is 6.54 Å². The van der Waals surface area contributed by atoms with Crippen molar-refractivity contribution in [2.45, 2.75) is 6.54 Å². The maximum Gasteiger partial charge on any atom is 0.163 e. The van der Waals surface area contributed by atoms with Gasteiger partial charge in [0, 0.05) is 48.5 Å². The fourth-order valence-electron chi connectivity index (χ4n) is 2.61. The smallest absolute Gasteiger partial charge is 0.163 e. The molecule has 0 atom stereocenters. The van der Waals surface area contributed by atoms with E-state index in [-0.39, 0.29) is 0 Å². The molecule has 126 valence electrons. The molecule has 5 heteroatoms. The molecule has 0 radical (unpaired) electrons. The summed E-state index contributed by atoms with van der Waals surface area (Å²) in [7, 11) is 0. The highest BCUT2D eigenvalue weighted by Crippen LogP contribution is 2.23. The molecule has 0 aliphatic heterocycles. The highest BCUT2D eigenvalue weighted by molar-refractivity contribution is 5.66. The van der Waals surface area contributed by atoms with E-state index in [1.54, 1.807) is 24.8 Å². The molecule has 3 aromatic heterocycles. The van der Waals surface area contributed by atoms with Crippen LogP contribution < -0.4 is 5.32 Å². The van der Waals surface area contributed by atoms with Gasteiger partial charge in [0.05, 0.1) is 5.69 Å². The van der Waals surface area contributed by atoms with E-state index in [1.165, 1.54) is 5.56 Å². The Labute approximate surface area is 151 Å². The van der Waals surface area contributed by atoms with Crippen LogP contribution in [0.3, 0.4) is 0 Å². The first kappa shape index (κ1) is 15.9. The van der Waals surface area contributed by atoms with E-state index >= 15 is 0 Å². The van der Waals surface area contributed by atoms with Gasteiger partial charge >= 0.3 is 0 Å². The van der Waals surface area contributed by atoms with Gasteiger partial charge in [0.2, 0.25) is 0 Å². The van der Waals surface area contributed by atoms with Gasteiger partial charge < -0.3 is 5.32 Å². The maximum atomic E-state index is 4.70. The Morgan fingerprint density at radius 3 is 2.15 bits per heavy atom. The van der Waals surface area contributed by atoms with Gasteiger partial charge in [-0.1, -0.05) is 30.3 Å². The van der Waals surface area contributed by atoms with Gasteiger partial charge in [-0.25, -0.2) is 9.97 Å². The minimum atomic E-state index is 0.634. The number of rotatable bonds is 5. The second kappa shape index (κ2) is 7.53. The van der Waals surface area contributed by atoms with Crippen LogP contribution in [-0.4, -0.2) is 19.9 Å². The summed E-state index contributed by atoms with van der Waals surface area (Å²) in [5, 5.41) is 3.39. The van der Waals surface area contributed by atoms with Crippen LogP contribution in [0.4, 0.5) is 5.82 Å². The van der Waals surface area contributed by atoms with Crippen LogP contribution >= 0.6 is 0 Å². The topological polar surface area (TPSA) is 63.6 Å². The average molecular weight is 339 g/mol. The number of hydrogen-bond acceptors (Lipinski definition) is 5. The van der Waals surface area contributed by atoms with Gasteiger partial charge in [0.1, 0.15) is 5.82 Å². The molecular formula is C21H17N5. The molecule has 0 saturated heterocycles. The van der Waals surface area contributed by atoms with E-state index in [0.717, 1.165) is 22.6 Å². The van der Waals surface area contributed by atoms with Crippen molar-refractivity contribution in [2.75, 3.05) is 5.32 Å². The lowest BCUT2D eigenvalue weighted by molar-refractivity contribution is 1.08. The Kier molecular flexibility index (Phi) is 4.60. The first-order valence-electron chi connectivity index (χ1n) is 8.36. The molecule has 0 aliphatic carbocycles. The summed E-state index contributed by atoms with van der Waals surface area (Å²) in [5.74, 6) is 1.40. The highest BCUT2D eigenvalue weighted by atomic mass is 15.0. The molecule has 0 saturated carbocycles. The Hall–Kier alpha value is -3.60. The van der Waals surface area contributed by atoms with Gasteiger partial charge in [-0.2, -0.15) is 0 Å². The fourth-order valence-corrected chi connectivity index (χ4v) is 2.61. The van der Waals surface area contributed by atoms with Crippen LogP contribution in [0.15, 0.2) is 85.5 Å². The number of anilines is 1. The molecule has 4 aromatic rings. The van der Waals surface area contributed by atoms with E-state index < -0.39 is 0 Å². The quantitative estimate of drug-likeness (QED) is 0.590. The SMILES string of the molecule is c1ccc(CNc2cc(-c3cccnc3)nc(-c3cccnc3)n2)cc1. The predicted molar refractivity (Wildman–Crippen MR) is 102 cm³/mol. The standard InChI is InChI=1S/C21H17N5/c1-2-6-16(7-3-1)13-24-20-12-19(17-8-4-10-22-14-17)25-21(26-20)18-9-5-11-23-15-18/h1-12,14-15H,13H2,(H,24,25,26). The normalized spacial score (nSPS) is 10.5. The molecule has 26 heavy (non-hydrogen) atoms. The summed E-state index contributed by atoms with van der Waals surface area (Å²) in [6.07, 6.45) is 7.06. The van der Waals surface area contributed by atoms with E-state index in [0.29, 0.717) is 12.4 Å². The molecule has 0 unspecified atom stereocenters.